The Balaban J connectivity index is 1.56. The lowest BCUT2D eigenvalue weighted by atomic mass is 10.2. The van der Waals surface area contributed by atoms with E-state index in [1.807, 2.05) is 13.0 Å². The van der Waals surface area contributed by atoms with Gasteiger partial charge in [-0.15, -0.1) is 0 Å². The first-order valence-electron chi connectivity index (χ1n) is 9.27. The number of hydrogen-bond acceptors (Lipinski definition) is 4. The molecule has 1 N–H and O–H groups in total. The Morgan fingerprint density at radius 3 is 2.57 bits per heavy atom. The van der Waals surface area contributed by atoms with Gasteiger partial charge in [-0.3, -0.25) is 4.79 Å². The summed E-state index contributed by atoms with van der Waals surface area (Å²) < 4.78 is 7.49. The molecular weight excluding hydrogens is 354 g/mol. The highest BCUT2D eigenvalue weighted by Gasteiger charge is 2.26. The Labute approximate surface area is 164 Å². The molecule has 0 aliphatic heterocycles. The number of aromatic nitrogens is 1. The number of nitrogens with one attached hydrogen (secondary N) is 1. The van der Waals surface area contributed by atoms with Crippen molar-refractivity contribution in [3.63, 3.8) is 0 Å². The molecule has 2 aromatic rings. The van der Waals surface area contributed by atoms with Crippen LogP contribution in [0.3, 0.4) is 0 Å². The number of hydrogen-bond donors (Lipinski definition) is 1. The standard InChI is InChI=1S/C22H23N3O3/c1-14-12-18(15(2)25(14)20-9-10-20)6-11-21(26)28-16(3)22(27)24-19-7-4-17(13-23)5-8-19/h4-8,11-12,16,20H,9-10H2,1-3H3,(H,24,27)/b11-6+/t16-/m1/s1. The van der Waals surface area contributed by atoms with Gasteiger partial charge < -0.3 is 14.6 Å². The average molecular weight is 377 g/mol. The molecule has 1 saturated carbocycles. The van der Waals surface area contributed by atoms with Crippen LogP contribution >= 0.6 is 0 Å². The lowest BCUT2D eigenvalue weighted by Gasteiger charge is -2.12. The third-order valence-electron chi connectivity index (χ3n) is 4.78. The molecule has 0 spiro atoms. The summed E-state index contributed by atoms with van der Waals surface area (Å²) in [4.78, 5) is 24.3. The van der Waals surface area contributed by atoms with Crippen molar-refractivity contribution in [3.05, 3.63) is 58.9 Å². The molecule has 1 aliphatic carbocycles. The van der Waals surface area contributed by atoms with E-state index in [0.717, 1.165) is 11.3 Å². The smallest absolute Gasteiger partial charge is 0.331 e. The van der Waals surface area contributed by atoms with Gasteiger partial charge in [0.15, 0.2) is 6.10 Å². The van der Waals surface area contributed by atoms with Crippen LogP contribution in [0.1, 0.15) is 48.3 Å². The van der Waals surface area contributed by atoms with Crippen LogP contribution in [0, 0.1) is 25.2 Å². The Morgan fingerprint density at radius 2 is 1.96 bits per heavy atom. The number of esters is 1. The fourth-order valence-corrected chi connectivity index (χ4v) is 3.16. The zero-order valence-electron chi connectivity index (χ0n) is 16.2. The summed E-state index contributed by atoms with van der Waals surface area (Å²) in [6.07, 6.45) is 4.55. The van der Waals surface area contributed by atoms with Crippen molar-refractivity contribution in [3.8, 4) is 6.07 Å². The van der Waals surface area contributed by atoms with Crippen LogP contribution in [0.2, 0.25) is 0 Å². The number of anilines is 1. The number of amides is 1. The molecular formula is C22H23N3O3. The lowest BCUT2D eigenvalue weighted by Crippen LogP contribution is -2.29. The summed E-state index contributed by atoms with van der Waals surface area (Å²) >= 11 is 0. The van der Waals surface area contributed by atoms with Gasteiger partial charge >= 0.3 is 5.97 Å². The minimum absolute atomic E-state index is 0.432. The maximum Gasteiger partial charge on any atom is 0.331 e. The number of carbonyl (C=O) groups excluding carboxylic acids is 2. The van der Waals surface area contributed by atoms with E-state index in [1.165, 1.54) is 31.5 Å². The Bertz CT molecular complexity index is 960. The third-order valence-corrected chi connectivity index (χ3v) is 4.78. The van der Waals surface area contributed by atoms with Crippen LogP contribution < -0.4 is 5.32 Å². The van der Waals surface area contributed by atoms with Gasteiger partial charge in [-0.05, 0) is 75.6 Å². The fourth-order valence-electron chi connectivity index (χ4n) is 3.16. The molecule has 0 saturated heterocycles. The lowest BCUT2D eigenvalue weighted by molar-refractivity contribution is -0.148. The monoisotopic (exact) mass is 377 g/mol. The molecule has 1 amide bonds. The normalized spacial score (nSPS) is 14.5. The van der Waals surface area contributed by atoms with Crippen molar-refractivity contribution in [2.45, 2.75) is 45.8 Å². The van der Waals surface area contributed by atoms with E-state index in [0.29, 0.717) is 17.3 Å². The molecule has 1 aromatic heterocycles. The summed E-state index contributed by atoms with van der Waals surface area (Å²) in [5.41, 5.74) is 4.34. The molecule has 144 valence electrons. The number of carbonyl (C=O) groups is 2. The van der Waals surface area contributed by atoms with Gasteiger partial charge in [0.25, 0.3) is 5.91 Å². The second-order valence-corrected chi connectivity index (χ2v) is 7.02. The zero-order valence-corrected chi connectivity index (χ0v) is 16.2. The molecule has 3 rings (SSSR count). The van der Waals surface area contributed by atoms with Crippen molar-refractivity contribution >= 4 is 23.6 Å². The number of ether oxygens (including phenoxy) is 1. The molecule has 1 aromatic carbocycles. The molecule has 1 atom stereocenters. The molecule has 28 heavy (non-hydrogen) atoms. The predicted molar refractivity (Wildman–Crippen MR) is 107 cm³/mol. The van der Waals surface area contributed by atoms with Crippen LogP contribution in [0.15, 0.2) is 36.4 Å². The third kappa shape index (κ3) is 4.49. The highest BCUT2D eigenvalue weighted by Crippen LogP contribution is 2.38. The Morgan fingerprint density at radius 1 is 1.29 bits per heavy atom. The minimum Gasteiger partial charge on any atom is -0.449 e. The first-order valence-corrected chi connectivity index (χ1v) is 9.27. The van der Waals surface area contributed by atoms with Gasteiger partial charge in [0.05, 0.1) is 11.6 Å². The molecule has 6 heteroatoms. The minimum atomic E-state index is -0.938. The highest BCUT2D eigenvalue weighted by molar-refractivity contribution is 5.96. The van der Waals surface area contributed by atoms with Crippen LogP contribution in [-0.4, -0.2) is 22.5 Å². The van der Waals surface area contributed by atoms with Gasteiger partial charge in [-0.1, -0.05) is 0 Å². The Hall–Kier alpha value is -3.33. The fraction of sp³-hybridized carbons (Fsp3) is 0.318. The SMILES string of the molecule is Cc1cc(/C=C/C(=O)O[C@H](C)C(=O)Nc2ccc(C#N)cc2)c(C)n1C1CC1. The topological polar surface area (TPSA) is 84.1 Å². The zero-order chi connectivity index (χ0) is 20.3. The van der Waals surface area contributed by atoms with E-state index in [2.05, 4.69) is 22.9 Å². The van der Waals surface area contributed by atoms with Crippen molar-refractivity contribution in [2.75, 3.05) is 5.32 Å². The van der Waals surface area contributed by atoms with Crippen molar-refractivity contribution in [1.29, 1.82) is 5.26 Å². The van der Waals surface area contributed by atoms with Gasteiger partial charge in [-0.2, -0.15) is 5.26 Å². The molecule has 0 unspecified atom stereocenters. The van der Waals surface area contributed by atoms with E-state index >= 15 is 0 Å². The van der Waals surface area contributed by atoms with Gasteiger partial charge in [0.2, 0.25) is 0 Å². The number of nitriles is 1. The van der Waals surface area contributed by atoms with Crippen molar-refractivity contribution < 1.29 is 14.3 Å². The maximum atomic E-state index is 12.2. The molecule has 6 nitrogen and oxygen atoms in total. The van der Waals surface area contributed by atoms with Crippen molar-refractivity contribution in [2.24, 2.45) is 0 Å². The largest absolute Gasteiger partial charge is 0.449 e. The highest BCUT2D eigenvalue weighted by atomic mass is 16.5. The quantitative estimate of drug-likeness (QED) is 0.611. The number of rotatable bonds is 6. The van der Waals surface area contributed by atoms with E-state index in [9.17, 15) is 9.59 Å². The first kappa shape index (κ1) is 19.4. The van der Waals surface area contributed by atoms with Crippen LogP contribution in [0.25, 0.3) is 6.08 Å². The van der Waals surface area contributed by atoms with Gasteiger partial charge in [0.1, 0.15) is 0 Å². The number of benzene rings is 1. The summed E-state index contributed by atoms with van der Waals surface area (Å²) in [7, 11) is 0. The van der Waals surface area contributed by atoms with Crippen LogP contribution in [0.4, 0.5) is 5.69 Å². The number of nitrogens with zero attached hydrogens (tertiary/aromatic N) is 2. The first-order chi connectivity index (χ1) is 13.4. The molecule has 1 fully saturated rings. The summed E-state index contributed by atoms with van der Waals surface area (Å²) in [5, 5.41) is 11.5. The van der Waals surface area contributed by atoms with E-state index in [4.69, 9.17) is 10.00 Å². The van der Waals surface area contributed by atoms with E-state index < -0.39 is 18.0 Å². The second kappa shape index (κ2) is 8.13. The molecule has 0 bridgehead atoms. The van der Waals surface area contributed by atoms with Crippen LogP contribution in [-0.2, 0) is 14.3 Å². The van der Waals surface area contributed by atoms with Crippen LogP contribution in [0.5, 0.6) is 0 Å². The molecule has 0 radical (unpaired) electrons. The van der Waals surface area contributed by atoms with E-state index in [1.54, 1.807) is 30.3 Å². The van der Waals surface area contributed by atoms with Gasteiger partial charge in [0, 0.05) is 29.2 Å². The molecule has 1 heterocycles. The predicted octanol–water partition coefficient (Wildman–Crippen LogP) is 3.90. The van der Waals surface area contributed by atoms with E-state index in [-0.39, 0.29) is 0 Å². The Kier molecular flexibility index (Phi) is 5.65. The average Bonchev–Trinajstić information content (AvgIpc) is 3.46. The summed E-state index contributed by atoms with van der Waals surface area (Å²) in [6, 6.07) is 11.1. The van der Waals surface area contributed by atoms with Crippen molar-refractivity contribution in [1.82, 2.24) is 4.57 Å². The second-order valence-electron chi connectivity index (χ2n) is 7.02. The summed E-state index contributed by atoms with van der Waals surface area (Å²) in [5.74, 6) is -1.00. The van der Waals surface area contributed by atoms with Gasteiger partial charge in [-0.25, -0.2) is 4.79 Å². The number of aryl methyl sites for hydroxylation is 1. The summed E-state index contributed by atoms with van der Waals surface area (Å²) in [6.45, 7) is 5.63. The molecule has 1 aliphatic rings. The maximum absolute atomic E-state index is 12.2.